The van der Waals surface area contributed by atoms with Crippen LogP contribution >= 0.6 is 0 Å². The Morgan fingerprint density at radius 1 is 0.837 bits per heavy atom. The minimum Gasteiger partial charge on any atom is -0.425 e. The van der Waals surface area contributed by atoms with Crippen molar-refractivity contribution >= 4 is 17.6 Å². The van der Waals surface area contributed by atoms with Crippen LogP contribution in [0, 0.1) is 27.7 Å². The van der Waals surface area contributed by atoms with Crippen molar-refractivity contribution in [3.05, 3.63) is 58.7 Å². The van der Waals surface area contributed by atoms with Crippen LogP contribution in [-0.2, 0) is 9.59 Å². The smallest absolute Gasteiger partial charge is 0.328 e. The van der Waals surface area contributed by atoms with Crippen LogP contribution < -0.4 is 10.1 Å². The number of unbranched alkanes of at least 4 members (excludes halogenated alkanes) is 3. The second kappa shape index (κ2) is 15.9. The van der Waals surface area contributed by atoms with E-state index in [1.54, 1.807) is 0 Å². The van der Waals surface area contributed by atoms with Gasteiger partial charge in [-0.15, -0.1) is 0 Å². The van der Waals surface area contributed by atoms with E-state index in [4.69, 9.17) is 4.74 Å². The van der Waals surface area contributed by atoms with Gasteiger partial charge in [0.25, 0.3) is 5.91 Å². The lowest BCUT2D eigenvalue weighted by atomic mass is 9.95. The van der Waals surface area contributed by atoms with Crippen molar-refractivity contribution in [1.29, 1.82) is 0 Å². The Labute approximate surface area is 260 Å². The summed E-state index contributed by atoms with van der Waals surface area (Å²) < 4.78 is 6.90. The largest absolute Gasteiger partial charge is 0.425 e. The van der Waals surface area contributed by atoms with E-state index in [0.717, 1.165) is 135 Å². The summed E-state index contributed by atoms with van der Waals surface area (Å²) in [6.45, 7) is 15.6. The van der Waals surface area contributed by atoms with Gasteiger partial charge in [0.05, 0.1) is 19.6 Å². The van der Waals surface area contributed by atoms with Crippen LogP contribution in [0.15, 0.2) is 36.4 Å². The number of anilines is 1. The van der Waals surface area contributed by atoms with Crippen LogP contribution in [0.25, 0.3) is 0 Å². The number of nitrogens with one attached hydrogen (secondary N) is 1. The minimum absolute atomic E-state index is 0.0189. The third-order valence-corrected chi connectivity index (χ3v) is 10.0. The molecule has 6 nitrogen and oxygen atoms in total. The molecule has 0 bridgehead atoms. The Morgan fingerprint density at radius 2 is 1.49 bits per heavy atom. The lowest BCUT2D eigenvalue weighted by Crippen LogP contribution is -2.63. The Balaban J connectivity index is 1.35. The average molecular weight is 591 g/mol. The highest BCUT2D eigenvalue weighted by atomic mass is 16.5. The predicted octanol–water partition coefficient (Wildman–Crippen LogP) is 7.66. The molecule has 3 atom stereocenters. The highest BCUT2D eigenvalue weighted by Crippen LogP contribution is 2.31. The normalized spacial score (nSPS) is 22.7. The standard InChI is InChI=1S/C37H55N3O3/c1-6-7-25-40(27-14-10-22-33(40)36(41)38-34-28(2)17-15-18-29(34)3)26-13-8-11-23-39-24-12-9-21-32(39)37(42)43-35-30(4)19-16-20-31(35)5/h15-20,32-33H,6-14,21-27H2,1-5H3/p+1. The molecule has 2 aliphatic heterocycles. The molecule has 3 unspecified atom stereocenters. The SMILES string of the molecule is CCCC[N+]1(CCCCCN2CCCCC2C(=O)Oc2c(C)cccc2C)CCCCC1C(=O)Nc1c(C)cccc1C. The van der Waals surface area contributed by atoms with Gasteiger partial charge in [-0.05, 0) is 114 Å². The quantitative estimate of drug-likeness (QED) is 0.113. The molecule has 0 radical (unpaired) electrons. The third kappa shape index (κ3) is 8.48. The third-order valence-electron chi connectivity index (χ3n) is 10.0. The van der Waals surface area contributed by atoms with Gasteiger partial charge >= 0.3 is 5.97 Å². The maximum absolute atomic E-state index is 13.8. The maximum Gasteiger partial charge on any atom is 0.328 e. The molecular weight excluding hydrogens is 534 g/mol. The number of para-hydroxylation sites is 2. The molecule has 2 aromatic rings. The molecule has 1 N–H and O–H groups in total. The van der Waals surface area contributed by atoms with Crippen molar-refractivity contribution in [2.75, 3.05) is 38.0 Å². The van der Waals surface area contributed by atoms with Gasteiger partial charge in [0, 0.05) is 12.1 Å². The number of benzene rings is 2. The number of likely N-dealkylation sites (tertiary alicyclic amines) is 2. The van der Waals surface area contributed by atoms with E-state index >= 15 is 0 Å². The minimum atomic E-state index is -0.157. The fourth-order valence-electron chi connectivity index (χ4n) is 7.48. The summed E-state index contributed by atoms with van der Waals surface area (Å²) >= 11 is 0. The topological polar surface area (TPSA) is 58.6 Å². The zero-order valence-corrected chi connectivity index (χ0v) is 27.6. The first-order valence-electron chi connectivity index (χ1n) is 17.0. The summed E-state index contributed by atoms with van der Waals surface area (Å²) in [4.78, 5) is 29.5. The Morgan fingerprint density at radius 3 is 2.19 bits per heavy atom. The van der Waals surface area contributed by atoms with Gasteiger partial charge in [-0.25, -0.2) is 4.79 Å². The molecule has 4 rings (SSSR count). The van der Waals surface area contributed by atoms with Crippen LogP contribution in [0.3, 0.4) is 0 Å². The van der Waals surface area contributed by atoms with Crippen molar-refractivity contribution in [3.63, 3.8) is 0 Å². The van der Waals surface area contributed by atoms with Crippen molar-refractivity contribution in [3.8, 4) is 5.75 Å². The molecule has 0 saturated carbocycles. The Kier molecular flexibility index (Phi) is 12.2. The van der Waals surface area contributed by atoms with Crippen molar-refractivity contribution in [2.24, 2.45) is 0 Å². The second-order valence-electron chi connectivity index (χ2n) is 13.3. The fraction of sp³-hybridized carbons (Fsp3) is 0.622. The monoisotopic (exact) mass is 590 g/mol. The van der Waals surface area contributed by atoms with E-state index in [-0.39, 0.29) is 24.0 Å². The summed E-state index contributed by atoms with van der Waals surface area (Å²) in [5, 5.41) is 3.36. The number of piperidine rings is 2. The summed E-state index contributed by atoms with van der Waals surface area (Å²) in [7, 11) is 0. The summed E-state index contributed by atoms with van der Waals surface area (Å²) in [5.74, 6) is 0.816. The molecule has 2 aliphatic rings. The van der Waals surface area contributed by atoms with Crippen LogP contribution in [0.4, 0.5) is 5.69 Å². The van der Waals surface area contributed by atoms with Crippen molar-refractivity contribution in [1.82, 2.24) is 4.90 Å². The fourth-order valence-corrected chi connectivity index (χ4v) is 7.48. The van der Waals surface area contributed by atoms with Crippen LogP contribution in [0.1, 0.15) is 99.8 Å². The first-order chi connectivity index (χ1) is 20.8. The van der Waals surface area contributed by atoms with Gasteiger partial charge < -0.3 is 14.5 Å². The number of amides is 1. The number of rotatable bonds is 13. The van der Waals surface area contributed by atoms with Crippen LogP contribution in [0.2, 0.25) is 0 Å². The predicted molar refractivity (Wildman–Crippen MR) is 177 cm³/mol. The molecule has 0 aromatic heterocycles. The zero-order chi connectivity index (χ0) is 30.8. The molecule has 0 aliphatic carbocycles. The van der Waals surface area contributed by atoms with E-state index < -0.39 is 0 Å². The van der Waals surface area contributed by atoms with Crippen LogP contribution in [-0.4, -0.2) is 66.1 Å². The summed E-state index contributed by atoms with van der Waals surface area (Å²) in [5.41, 5.74) is 5.26. The van der Waals surface area contributed by atoms with Gasteiger partial charge in [0.1, 0.15) is 11.8 Å². The number of carbonyl (C=O) groups is 2. The summed E-state index contributed by atoms with van der Waals surface area (Å²) in [6, 6.07) is 12.1. The van der Waals surface area contributed by atoms with Gasteiger partial charge in [0.15, 0.2) is 6.04 Å². The van der Waals surface area contributed by atoms with Crippen molar-refractivity contribution < 1.29 is 18.8 Å². The van der Waals surface area contributed by atoms with Gasteiger partial charge in [-0.1, -0.05) is 56.2 Å². The lowest BCUT2D eigenvalue weighted by molar-refractivity contribution is -0.947. The van der Waals surface area contributed by atoms with Crippen LogP contribution in [0.5, 0.6) is 5.75 Å². The number of hydrogen-bond acceptors (Lipinski definition) is 4. The maximum atomic E-state index is 13.8. The molecule has 0 spiro atoms. The summed E-state index contributed by atoms with van der Waals surface area (Å²) in [6.07, 6.45) is 12.0. The number of nitrogens with zero attached hydrogens (tertiary/aromatic N) is 2. The molecule has 1 amide bonds. The molecule has 2 fully saturated rings. The number of carbonyl (C=O) groups excluding carboxylic acids is 2. The average Bonchev–Trinajstić information content (AvgIpc) is 3.00. The van der Waals surface area contributed by atoms with E-state index in [2.05, 4.69) is 49.2 Å². The number of quaternary nitrogens is 1. The van der Waals surface area contributed by atoms with E-state index in [9.17, 15) is 9.59 Å². The highest BCUT2D eigenvalue weighted by Gasteiger charge is 2.43. The lowest BCUT2D eigenvalue weighted by Gasteiger charge is -2.47. The van der Waals surface area contributed by atoms with E-state index in [0.29, 0.717) is 0 Å². The molecule has 2 saturated heterocycles. The molecule has 6 heteroatoms. The molecule has 43 heavy (non-hydrogen) atoms. The number of aryl methyl sites for hydroxylation is 4. The second-order valence-corrected chi connectivity index (χ2v) is 13.3. The number of esters is 1. The highest BCUT2D eigenvalue weighted by molar-refractivity contribution is 5.95. The Bertz CT molecular complexity index is 1190. The van der Waals surface area contributed by atoms with E-state index in [1.165, 1.54) is 6.42 Å². The first-order valence-corrected chi connectivity index (χ1v) is 17.0. The molecular formula is C37H56N3O3+. The number of hydrogen-bond donors (Lipinski definition) is 1. The first kappa shape index (κ1) is 33.2. The van der Waals surface area contributed by atoms with Gasteiger partial charge in [-0.2, -0.15) is 0 Å². The van der Waals surface area contributed by atoms with Gasteiger partial charge in [-0.3, -0.25) is 9.69 Å². The number of ether oxygens (including phenoxy) is 1. The van der Waals surface area contributed by atoms with Crippen molar-refractivity contribution in [2.45, 2.75) is 117 Å². The zero-order valence-electron chi connectivity index (χ0n) is 27.6. The van der Waals surface area contributed by atoms with Gasteiger partial charge in [0.2, 0.25) is 0 Å². The molecule has 236 valence electrons. The molecule has 2 aromatic carbocycles. The Hall–Kier alpha value is -2.70. The van der Waals surface area contributed by atoms with E-state index in [1.807, 2.05) is 32.0 Å². The molecule has 2 heterocycles.